The number of Topliss-reactive ketones (excluding diaryl/α,β-unsaturated/α-hetero) is 2. The van der Waals surface area contributed by atoms with Gasteiger partial charge < -0.3 is 4.74 Å². The third kappa shape index (κ3) is 5.27. The van der Waals surface area contributed by atoms with Crippen LogP contribution in [0.1, 0.15) is 39.0 Å². The van der Waals surface area contributed by atoms with Crippen molar-refractivity contribution in [2.45, 2.75) is 25.7 Å². The molecule has 3 rings (SSSR count). The van der Waals surface area contributed by atoms with Gasteiger partial charge in [-0.25, -0.2) is 13.4 Å². The molecule has 1 aromatic carbocycles. The van der Waals surface area contributed by atoms with Crippen molar-refractivity contribution in [1.29, 1.82) is 0 Å². The van der Waals surface area contributed by atoms with E-state index in [1.807, 2.05) is 16.9 Å². The Morgan fingerprint density at radius 2 is 1.82 bits per heavy atom. The number of likely N-dealkylation sites (N-methyl/N-ethyl adjacent to an activating group) is 1. The lowest BCUT2D eigenvalue weighted by atomic mass is 10.1. The first kappa shape index (κ1) is 24.5. The van der Waals surface area contributed by atoms with Gasteiger partial charge in [0.25, 0.3) is 0 Å². The number of ether oxygens (including phenoxy) is 1. The summed E-state index contributed by atoms with van der Waals surface area (Å²) in [4.78, 5) is 40.4. The van der Waals surface area contributed by atoms with Gasteiger partial charge in [-0.3, -0.25) is 19.0 Å². The van der Waals surface area contributed by atoms with Crippen molar-refractivity contribution in [1.82, 2.24) is 13.9 Å². The fourth-order valence-corrected chi connectivity index (χ4v) is 5.11. The van der Waals surface area contributed by atoms with Crippen molar-refractivity contribution in [3.8, 4) is 5.13 Å². The fraction of sp³-hybridized carbons (Fsp3) is 0.273. The van der Waals surface area contributed by atoms with Gasteiger partial charge in [0.15, 0.2) is 17.5 Å². The SMILES string of the molecule is CC(=O)c1ccc(S(=O)(=O)N(C)CC(=O)OCC(=O)c2cc(C)n(-c3nccs3)c2C)cc1. The average Bonchev–Trinajstić information content (AvgIpc) is 3.39. The molecular weight excluding hydrogens is 466 g/mol. The number of carbonyl (C=O) groups excluding carboxylic acids is 3. The number of hydrogen-bond acceptors (Lipinski definition) is 8. The zero-order valence-corrected chi connectivity index (χ0v) is 20.2. The molecule has 33 heavy (non-hydrogen) atoms. The molecular formula is C22H23N3O6S2. The second kappa shape index (κ2) is 9.77. The van der Waals surface area contributed by atoms with Crippen molar-refractivity contribution in [3.63, 3.8) is 0 Å². The molecule has 0 atom stereocenters. The van der Waals surface area contributed by atoms with Gasteiger partial charge in [-0.15, -0.1) is 11.3 Å². The van der Waals surface area contributed by atoms with E-state index >= 15 is 0 Å². The quantitative estimate of drug-likeness (QED) is 0.335. The van der Waals surface area contributed by atoms with Crippen LogP contribution in [-0.2, 0) is 19.6 Å². The molecule has 0 aliphatic rings. The van der Waals surface area contributed by atoms with E-state index in [4.69, 9.17) is 4.74 Å². The first-order valence-electron chi connectivity index (χ1n) is 9.87. The van der Waals surface area contributed by atoms with Crippen LogP contribution in [0.4, 0.5) is 0 Å². The number of nitrogens with zero attached hydrogens (tertiary/aromatic N) is 3. The summed E-state index contributed by atoms with van der Waals surface area (Å²) in [6.07, 6.45) is 1.67. The summed E-state index contributed by atoms with van der Waals surface area (Å²) in [7, 11) is -2.74. The largest absolute Gasteiger partial charge is 0.456 e. The Hall–Kier alpha value is -3.15. The van der Waals surface area contributed by atoms with E-state index in [9.17, 15) is 22.8 Å². The van der Waals surface area contributed by atoms with E-state index in [2.05, 4.69) is 4.98 Å². The Kier molecular flexibility index (Phi) is 7.25. The highest BCUT2D eigenvalue weighted by Gasteiger charge is 2.25. The van der Waals surface area contributed by atoms with Crippen LogP contribution in [0, 0.1) is 13.8 Å². The summed E-state index contributed by atoms with van der Waals surface area (Å²) < 4.78 is 33.0. The Morgan fingerprint density at radius 3 is 2.39 bits per heavy atom. The molecule has 0 aliphatic carbocycles. The van der Waals surface area contributed by atoms with Crippen molar-refractivity contribution < 1.29 is 27.5 Å². The molecule has 0 unspecified atom stereocenters. The van der Waals surface area contributed by atoms with Crippen LogP contribution >= 0.6 is 11.3 Å². The van der Waals surface area contributed by atoms with E-state index in [1.165, 1.54) is 49.6 Å². The van der Waals surface area contributed by atoms with Crippen LogP contribution in [0.5, 0.6) is 0 Å². The Labute approximate surface area is 195 Å². The lowest BCUT2D eigenvalue weighted by Gasteiger charge is -2.16. The number of thiazole rings is 1. The zero-order chi connectivity index (χ0) is 24.3. The van der Waals surface area contributed by atoms with Gasteiger partial charge in [0, 0.05) is 41.1 Å². The van der Waals surface area contributed by atoms with E-state index in [-0.39, 0.29) is 10.7 Å². The first-order valence-corrected chi connectivity index (χ1v) is 12.2. The molecule has 0 spiro atoms. The van der Waals surface area contributed by atoms with E-state index in [0.29, 0.717) is 16.8 Å². The van der Waals surface area contributed by atoms with Gasteiger partial charge in [0.2, 0.25) is 15.8 Å². The highest BCUT2D eigenvalue weighted by atomic mass is 32.2. The second-order valence-corrected chi connectivity index (χ2v) is 10.3. The molecule has 0 saturated heterocycles. The number of rotatable bonds is 9. The first-order chi connectivity index (χ1) is 15.5. The van der Waals surface area contributed by atoms with Gasteiger partial charge >= 0.3 is 5.97 Å². The maximum atomic E-state index is 12.7. The van der Waals surface area contributed by atoms with Crippen molar-refractivity contribution in [3.05, 3.63) is 64.4 Å². The topological polar surface area (TPSA) is 116 Å². The molecule has 0 saturated carbocycles. The Bertz CT molecular complexity index is 1290. The minimum Gasteiger partial charge on any atom is -0.456 e. The van der Waals surface area contributed by atoms with Crippen LogP contribution in [0.3, 0.4) is 0 Å². The molecule has 11 heteroatoms. The number of sulfonamides is 1. The Morgan fingerprint density at radius 1 is 1.15 bits per heavy atom. The maximum absolute atomic E-state index is 12.7. The minimum atomic E-state index is -3.97. The van der Waals surface area contributed by atoms with Gasteiger partial charge in [-0.05, 0) is 39.0 Å². The smallest absolute Gasteiger partial charge is 0.321 e. The molecule has 9 nitrogen and oxygen atoms in total. The molecule has 0 amide bonds. The second-order valence-electron chi connectivity index (χ2n) is 7.36. The minimum absolute atomic E-state index is 0.0616. The van der Waals surface area contributed by atoms with Crippen LogP contribution in [0.15, 0.2) is 46.8 Å². The molecule has 174 valence electrons. The van der Waals surface area contributed by atoms with Gasteiger partial charge in [0.05, 0.1) is 4.90 Å². The zero-order valence-electron chi connectivity index (χ0n) is 18.6. The highest BCUT2D eigenvalue weighted by Crippen LogP contribution is 2.22. The van der Waals surface area contributed by atoms with E-state index < -0.39 is 34.9 Å². The van der Waals surface area contributed by atoms with Gasteiger partial charge in [-0.2, -0.15) is 4.31 Å². The molecule has 0 aliphatic heterocycles. The van der Waals surface area contributed by atoms with Crippen molar-refractivity contribution >= 4 is 38.9 Å². The summed E-state index contributed by atoms with van der Waals surface area (Å²) in [6.45, 7) is 3.93. The van der Waals surface area contributed by atoms with Crippen LogP contribution < -0.4 is 0 Å². The summed E-state index contributed by atoms with van der Waals surface area (Å²) >= 11 is 1.43. The predicted octanol–water partition coefficient (Wildman–Crippen LogP) is 2.80. The van der Waals surface area contributed by atoms with Crippen molar-refractivity contribution in [2.24, 2.45) is 0 Å². The van der Waals surface area contributed by atoms with Crippen LogP contribution in [0.2, 0.25) is 0 Å². The predicted molar refractivity (Wildman–Crippen MR) is 122 cm³/mol. The summed E-state index contributed by atoms with van der Waals surface area (Å²) in [6, 6.07) is 7.11. The maximum Gasteiger partial charge on any atom is 0.321 e. The number of carbonyl (C=O) groups is 3. The number of hydrogen-bond donors (Lipinski definition) is 0. The van der Waals surface area contributed by atoms with Crippen LogP contribution in [0.25, 0.3) is 5.13 Å². The summed E-state index contributed by atoms with van der Waals surface area (Å²) in [5, 5.41) is 2.56. The molecule has 0 fully saturated rings. The molecule has 2 heterocycles. The normalized spacial score (nSPS) is 11.5. The average molecular weight is 490 g/mol. The third-order valence-corrected chi connectivity index (χ3v) is 7.60. The van der Waals surface area contributed by atoms with Crippen molar-refractivity contribution in [2.75, 3.05) is 20.2 Å². The molecule has 3 aromatic rings. The van der Waals surface area contributed by atoms with Crippen LogP contribution in [-0.4, -0.2) is 60.0 Å². The third-order valence-electron chi connectivity index (χ3n) is 5.03. The highest BCUT2D eigenvalue weighted by molar-refractivity contribution is 7.89. The van der Waals surface area contributed by atoms with Gasteiger partial charge in [0.1, 0.15) is 6.54 Å². The lowest BCUT2D eigenvalue weighted by Crippen LogP contribution is -2.33. The van der Waals surface area contributed by atoms with Gasteiger partial charge in [-0.1, -0.05) is 12.1 Å². The molecule has 0 N–H and O–H groups in total. The Balaban J connectivity index is 1.62. The number of esters is 1. The number of ketones is 2. The lowest BCUT2D eigenvalue weighted by molar-refractivity contribution is -0.142. The summed E-state index contributed by atoms with van der Waals surface area (Å²) in [5.74, 6) is -1.44. The summed E-state index contributed by atoms with van der Waals surface area (Å²) in [5.41, 5.74) is 2.28. The van der Waals surface area contributed by atoms with E-state index in [1.54, 1.807) is 19.2 Å². The van der Waals surface area contributed by atoms with E-state index in [0.717, 1.165) is 15.1 Å². The number of benzene rings is 1. The molecule has 0 bridgehead atoms. The number of aromatic nitrogens is 2. The molecule has 0 radical (unpaired) electrons. The monoisotopic (exact) mass is 489 g/mol. The molecule has 2 aromatic heterocycles. The fourth-order valence-electron chi connectivity index (χ4n) is 3.24. The number of aryl methyl sites for hydroxylation is 1. The standard InChI is InChI=1S/C22H23N3O6S2/c1-14-11-19(15(2)25(14)22-23-9-10-32-22)20(27)13-31-21(28)12-24(4)33(29,30)18-7-5-17(6-8-18)16(3)26/h5-11H,12-13H2,1-4H3.